The van der Waals surface area contributed by atoms with Gasteiger partial charge in [0.2, 0.25) is 5.82 Å². The summed E-state index contributed by atoms with van der Waals surface area (Å²) in [6, 6.07) is 17.6. The van der Waals surface area contributed by atoms with Gasteiger partial charge in [-0.3, -0.25) is 4.79 Å². The zero-order chi connectivity index (χ0) is 23.5. The number of benzene rings is 3. The van der Waals surface area contributed by atoms with Crippen molar-refractivity contribution in [3.63, 3.8) is 0 Å². The van der Waals surface area contributed by atoms with Gasteiger partial charge in [0.1, 0.15) is 13.2 Å². The van der Waals surface area contributed by atoms with Gasteiger partial charge in [-0.15, -0.1) is 0 Å². The van der Waals surface area contributed by atoms with Crippen molar-refractivity contribution in [1.82, 2.24) is 10.1 Å². The van der Waals surface area contributed by atoms with E-state index in [0.717, 1.165) is 0 Å². The van der Waals surface area contributed by atoms with Crippen LogP contribution in [0.5, 0.6) is 23.0 Å². The molecule has 172 valence electrons. The van der Waals surface area contributed by atoms with Crippen molar-refractivity contribution < 1.29 is 28.3 Å². The first-order valence-electron chi connectivity index (χ1n) is 10.5. The Morgan fingerprint density at radius 2 is 1.71 bits per heavy atom. The zero-order valence-corrected chi connectivity index (χ0v) is 18.5. The first kappa shape index (κ1) is 21.3. The summed E-state index contributed by atoms with van der Waals surface area (Å²) >= 11 is 0. The summed E-state index contributed by atoms with van der Waals surface area (Å²) < 4.78 is 27.1. The van der Waals surface area contributed by atoms with Gasteiger partial charge in [-0.25, -0.2) is 0 Å². The molecule has 0 atom stereocenters. The van der Waals surface area contributed by atoms with Crippen molar-refractivity contribution >= 4 is 11.6 Å². The predicted octanol–water partition coefficient (Wildman–Crippen LogP) is 4.44. The summed E-state index contributed by atoms with van der Waals surface area (Å²) in [5.74, 6) is 2.81. The number of methoxy groups -OCH3 is 2. The molecule has 2 heterocycles. The van der Waals surface area contributed by atoms with Gasteiger partial charge < -0.3 is 28.8 Å². The van der Waals surface area contributed by atoms with Crippen LogP contribution in [0.4, 0.5) is 5.69 Å². The lowest BCUT2D eigenvalue weighted by atomic mass is 10.1. The first-order valence-corrected chi connectivity index (χ1v) is 10.5. The van der Waals surface area contributed by atoms with Gasteiger partial charge in [0.15, 0.2) is 23.0 Å². The average molecular weight is 459 g/mol. The number of amides is 1. The van der Waals surface area contributed by atoms with Gasteiger partial charge in [-0.05, 0) is 48.5 Å². The van der Waals surface area contributed by atoms with E-state index in [1.54, 1.807) is 62.8 Å². The molecule has 0 spiro atoms. The number of aromatic nitrogens is 2. The highest BCUT2D eigenvalue weighted by Crippen LogP contribution is 2.33. The quantitative estimate of drug-likeness (QED) is 0.451. The SMILES string of the molecule is COc1ccc(-c2nc(-c3cccc(NC(=O)c4ccc5c(c4)OCCO5)c3)no2)cc1OC. The van der Waals surface area contributed by atoms with Gasteiger partial charge in [0, 0.05) is 22.4 Å². The Hall–Kier alpha value is -4.53. The van der Waals surface area contributed by atoms with E-state index in [1.165, 1.54) is 0 Å². The summed E-state index contributed by atoms with van der Waals surface area (Å²) in [5, 5.41) is 6.98. The number of fused-ring (bicyclic) bond motifs is 1. The van der Waals surface area contributed by atoms with Crippen molar-refractivity contribution in [1.29, 1.82) is 0 Å². The standard InChI is InChI=1S/C25H21N3O6/c1-30-19-8-7-17(14-21(19)31-2)25-27-23(28-34-25)15-4-3-5-18(12-15)26-24(29)16-6-9-20-22(13-16)33-11-10-32-20/h3-9,12-14H,10-11H2,1-2H3,(H,26,29). The van der Waals surface area contributed by atoms with Crippen LogP contribution in [-0.4, -0.2) is 43.5 Å². The van der Waals surface area contributed by atoms with Crippen molar-refractivity contribution in [3.05, 3.63) is 66.2 Å². The molecule has 0 bridgehead atoms. The summed E-state index contributed by atoms with van der Waals surface area (Å²) in [6.45, 7) is 0.950. The third-order valence-electron chi connectivity index (χ3n) is 5.24. The molecule has 1 N–H and O–H groups in total. The molecular weight excluding hydrogens is 438 g/mol. The monoisotopic (exact) mass is 459 g/mol. The summed E-state index contributed by atoms with van der Waals surface area (Å²) in [5.41, 5.74) is 2.44. The van der Waals surface area contributed by atoms with Gasteiger partial charge in [0.25, 0.3) is 11.8 Å². The lowest BCUT2D eigenvalue weighted by molar-refractivity contribution is 0.102. The van der Waals surface area contributed by atoms with Crippen LogP contribution in [0.25, 0.3) is 22.8 Å². The molecule has 1 aromatic heterocycles. The molecule has 0 unspecified atom stereocenters. The Bertz CT molecular complexity index is 1350. The Labute approximate surface area is 195 Å². The number of anilines is 1. The first-order chi connectivity index (χ1) is 16.6. The molecule has 0 aliphatic carbocycles. The predicted molar refractivity (Wildman–Crippen MR) is 124 cm³/mol. The smallest absolute Gasteiger partial charge is 0.258 e. The highest BCUT2D eigenvalue weighted by Gasteiger charge is 2.17. The van der Waals surface area contributed by atoms with Crippen LogP contribution in [0, 0.1) is 0 Å². The van der Waals surface area contributed by atoms with E-state index in [-0.39, 0.29) is 5.91 Å². The van der Waals surface area contributed by atoms with Gasteiger partial charge >= 0.3 is 0 Å². The fraction of sp³-hybridized carbons (Fsp3) is 0.160. The van der Waals surface area contributed by atoms with E-state index in [4.69, 9.17) is 23.5 Å². The summed E-state index contributed by atoms with van der Waals surface area (Å²) in [6.07, 6.45) is 0. The molecule has 5 rings (SSSR count). The number of rotatable bonds is 6. The maximum absolute atomic E-state index is 12.8. The second kappa shape index (κ2) is 9.14. The minimum absolute atomic E-state index is 0.270. The van der Waals surface area contributed by atoms with Gasteiger partial charge in [0.05, 0.1) is 14.2 Å². The maximum atomic E-state index is 12.8. The molecule has 1 aliphatic rings. The number of hydrogen-bond donors (Lipinski definition) is 1. The lowest BCUT2D eigenvalue weighted by Crippen LogP contribution is -2.17. The average Bonchev–Trinajstić information content (AvgIpc) is 3.38. The minimum Gasteiger partial charge on any atom is -0.493 e. The molecule has 0 radical (unpaired) electrons. The second-order valence-corrected chi connectivity index (χ2v) is 7.39. The second-order valence-electron chi connectivity index (χ2n) is 7.39. The largest absolute Gasteiger partial charge is 0.493 e. The number of hydrogen-bond acceptors (Lipinski definition) is 8. The summed E-state index contributed by atoms with van der Waals surface area (Å²) in [7, 11) is 3.13. The third-order valence-corrected chi connectivity index (χ3v) is 5.24. The number of nitrogens with one attached hydrogen (secondary N) is 1. The summed E-state index contributed by atoms with van der Waals surface area (Å²) in [4.78, 5) is 17.3. The zero-order valence-electron chi connectivity index (χ0n) is 18.5. The Morgan fingerprint density at radius 3 is 2.53 bits per heavy atom. The normalized spacial score (nSPS) is 12.2. The Balaban J connectivity index is 1.35. The molecule has 1 amide bonds. The maximum Gasteiger partial charge on any atom is 0.258 e. The van der Waals surface area contributed by atoms with E-state index >= 15 is 0 Å². The highest BCUT2D eigenvalue weighted by molar-refractivity contribution is 6.04. The third kappa shape index (κ3) is 4.23. The molecular formula is C25H21N3O6. The molecule has 0 saturated heterocycles. The van der Waals surface area contributed by atoms with Gasteiger partial charge in [-0.2, -0.15) is 4.98 Å². The van der Waals surface area contributed by atoms with E-state index < -0.39 is 0 Å². The fourth-order valence-corrected chi connectivity index (χ4v) is 3.55. The molecule has 0 saturated carbocycles. The van der Waals surface area contributed by atoms with Crippen LogP contribution in [0.3, 0.4) is 0 Å². The van der Waals surface area contributed by atoms with Crippen molar-refractivity contribution in [2.75, 3.05) is 32.8 Å². The fourth-order valence-electron chi connectivity index (χ4n) is 3.55. The van der Waals surface area contributed by atoms with Gasteiger partial charge in [-0.1, -0.05) is 17.3 Å². The molecule has 3 aromatic carbocycles. The van der Waals surface area contributed by atoms with E-state index in [0.29, 0.717) is 70.3 Å². The van der Waals surface area contributed by atoms with E-state index in [9.17, 15) is 4.79 Å². The highest BCUT2D eigenvalue weighted by atomic mass is 16.6. The number of carbonyl (C=O) groups excluding carboxylic acids is 1. The molecule has 9 heteroatoms. The molecule has 0 fully saturated rings. The number of ether oxygens (including phenoxy) is 4. The van der Waals surface area contributed by atoms with Crippen LogP contribution in [-0.2, 0) is 0 Å². The number of carbonyl (C=O) groups is 1. The van der Waals surface area contributed by atoms with Crippen LogP contribution >= 0.6 is 0 Å². The Kier molecular flexibility index (Phi) is 5.73. The van der Waals surface area contributed by atoms with Crippen LogP contribution in [0.1, 0.15) is 10.4 Å². The van der Waals surface area contributed by atoms with E-state index in [2.05, 4.69) is 15.5 Å². The molecule has 4 aromatic rings. The number of nitrogens with zero attached hydrogens (tertiary/aromatic N) is 2. The van der Waals surface area contributed by atoms with E-state index in [1.807, 2.05) is 12.1 Å². The minimum atomic E-state index is -0.270. The molecule has 9 nitrogen and oxygen atoms in total. The van der Waals surface area contributed by atoms with Crippen LogP contribution in [0.15, 0.2) is 65.2 Å². The molecule has 1 aliphatic heterocycles. The van der Waals surface area contributed by atoms with Crippen molar-refractivity contribution in [2.45, 2.75) is 0 Å². The van der Waals surface area contributed by atoms with Crippen LogP contribution in [0.2, 0.25) is 0 Å². The van der Waals surface area contributed by atoms with Crippen molar-refractivity contribution in [3.8, 4) is 45.8 Å². The topological polar surface area (TPSA) is 105 Å². The molecule has 34 heavy (non-hydrogen) atoms. The Morgan fingerprint density at radius 1 is 0.882 bits per heavy atom. The lowest BCUT2D eigenvalue weighted by Gasteiger charge is -2.18. The van der Waals surface area contributed by atoms with Crippen molar-refractivity contribution in [2.24, 2.45) is 0 Å². The van der Waals surface area contributed by atoms with Crippen LogP contribution < -0.4 is 24.3 Å².